The van der Waals surface area contributed by atoms with Gasteiger partial charge in [0.05, 0.1) is 23.1 Å². The third-order valence-corrected chi connectivity index (χ3v) is 6.35. The van der Waals surface area contributed by atoms with Crippen LogP contribution >= 0.6 is 34.8 Å². The van der Waals surface area contributed by atoms with Gasteiger partial charge in [-0.1, -0.05) is 23.2 Å². The van der Waals surface area contributed by atoms with Gasteiger partial charge in [-0.3, -0.25) is 0 Å². The van der Waals surface area contributed by atoms with E-state index in [0.29, 0.717) is 23.7 Å². The lowest BCUT2D eigenvalue weighted by Crippen LogP contribution is -2.50. The largest absolute Gasteiger partial charge is 0.373 e. The molecule has 1 aromatic carbocycles. The lowest BCUT2D eigenvalue weighted by molar-refractivity contribution is -0.0640. The second kappa shape index (κ2) is 6.22. The van der Waals surface area contributed by atoms with Crippen molar-refractivity contribution >= 4 is 44.8 Å². The van der Waals surface area contributed by atoms with Gasteiger partial charge in [0.25, 0.3) is 0 Å². The lowest BCUT2D eigenvalue weighted by Gasteiger charge is -2.37. The highest BCUT2D eigenvalue weighted by Crippen LogP contribution is 2.34. The average molecular weight is 373 g/mol. The summed E-state index contributed by atoms with van der Waals surface area (Å²) >= 11 is 18.0. The van der Waals surface area contributed by atoms with E-state index >= 15 is 0 Å². The number of morpholine rings is 1. The van der Waals surface area contributed by atoms with E-state index in [1.807, 2.05) is 13.8 Å². The van der Waals surface area contributed by atoms with Crippen LogP contribution in [0.1, 0.15) is 19.4 Å². The maximum atomic E-state index is 12.8. The van der Waals surface area contributed by atoms with E-state index in [9.17, 15) is 8.42 Å². The zero-order chi connectivity index (χ0) is 15.8. The predicted octanol–water partition coefficient (Wildman–Crippen LogP) is 3.53. The van der Waals surface area contributed by atoms with E-state index in [1.165, 1.54) is 16.4 Å². The van der Waals surface area contributed by atoms with E-state index in [2.05, 4.69) is 0 Å². The van der Waals surface area contributed by atoms with Crippen LogP contribution in [0.2, 0.25) is 10.0 Å². The molecule has 1 heterocycles. The van der Waals surface area contributed by atoms with Crippen molar-refractivity contribution in [1.29, 1.82) is 0 Å². The first-order valence-corrected chi connectivity index (χ1v) is 9.09. The third-order valence-electron chi connectivity index (χ3n) is 3.29. The van der Waals surface area contributed by atoms with Gasteiger partial charge in [-0.25, -0.2) is 8.42 Å². The Balaban J connectivity index is 2.45. The summed E-state index contributed by atoms with van der Waals surface area (Å²) in [5, 5.41) is 0.443. The van der Waals surface area contributed by atoms with Crippen molar-refractivity contribution in [2.75, 3.05) is 19.7 Å². The first kappa shape index (κ1) is 17.3. The highest BCUT2D eigenvalue weighted by atomic mass is 35.5. The molecule has 0 aliphatic carbocycles. The number of hydrogen-bond donors (Lipinski definition) is 0. The Labute approximate surface area is 140 Å². The normalized spacial score (nSPS) is 19.7. The number of halogens is 3. The Morgan fingerprint density at radius 2 is 2.00 bits per heavy atom. The van der Waals surface area contributed by atoms with E-state index < -0.39 is 15.6 Å². The molecule has 0 aromatic heterocycles. The highest BCUT2D eigenvalue weighted by molar-refractivity contribution is 7.89. The van der Waals surface area contributed by atoms with Crippen LogP contribution in [0.4, 0.5) is 0 Å². The summed E-state index contributed by atoms with van der Waals surface area (Å²) in [4.78, 5) is 0.0296. The molecule has 1 aliphatic heterocycles. The molecule has 1 fully saturated rings. The van der Waals surface area contributed by atoms with Crippen molar-refractivity contribution in [2.45, 2.75) is 30.2 Å². The van der Waals surface area contributed by atoms with E-state index in [4.69, 9.17) is 39.5 Å². The maximum Gasteiger partial charge on any atom is 0.244 e. The Hall–Kier alpha value is -0.0400. The molecule has 2 rings (SSSR count). The van der Waals surface area contributed by atoms with Crippen LogP contribution in [0.25, 0.3) is 0 Å². The van der Waals surface area contributed by atoms with Crippen LogP contribution in [-0.2, 0) is 20.6 Å². The van der Waals surface area contributed by atoms with Crippen molar-refractivity contribution in [1.82, 2.24) is 4.31 Å². The number of sulfonamides is 1. The summed E-state index contributed by atoms with van der Waals surface area (Å²) in [5.41, 5.74) is -0.104. The molecule has 0 spiro atoms. The smallest absolute Gasteiger partial charge is 0.244 e. The molecule has 0 atom stereocenters. The molecule has 0 bridgehead atoms. The van der Waals surface area contributed by atoms with Crippen LogP contribution in [0.5, 0.6) is 0 Å². The number of nitrogens with zero attached hydrogens (tertiary/aromatic N) is 1. The highest BCUT2D eigenvalue weighted by Gasteiger charge is 2.36. The van der Waals surface area contributed by atoms with Crippen molar-refractivity contribution < 1.29 is 13.2 Å². The fourth-order valence-corrected chi connectivity index (χ4v) is 5.09. The topological polar surface area (TPSA) is 46.6 Å². The number of benzene rings is 1. The summed E-state index contributed by atoms with van der Waals surface area (Å²) in [6.07, 6.45) is 0. The lowest BCUT2D eigenvalue weighted by atomic mass is 10.1. The Bertz CT molecular complexity index is 646. The molecule has 4 nitrogen and oxygen atoms in total. The van der Waals surface area contributed by atoms with Gasteiger partial charge in [0, 0.05) is 23.7 Å². The molecule has 0 N–H and O–H groups in total. The molecule has 8 heteroatoms. The van der Waals surface area contributed by atoms with Gasteiger partial charge in [0.2, 0.25) is 10.0 Å². The van der Waals surface area contributed by atoms with Crippen LogP contribution < -0.4 is 0 Å². The van der Waals surface area contributed by atoms with E-state index in [-0.39, 0.29) is 22.3 Å². The Kier molecular flexibility index (Phi) is 5.13. The number of rotatable bonds is 3. The van der Waals surface area contributed by atoms with Crippen molar-refractivity contribution in [2.24, 2.45) is 0 Å². The molecule has 118 valence electrons. The fraction of sp³-hybridized carbons (Fsp3) is 0.538. The van der Waals surface area contributed by atoms with Crippen LogP contribution in [0, 0.1) is 0 Å². The van der Waals surface area contributed by atoms with Gasteiger partial charge in [-0.2, -0.15) is 4.31 Å². The van der Waals surface area contributed by atoms with Gasteiger partial charge >= 0.3 is 0 Å². The molecule has 0 radical (unpaired) electrons. The molecule has 0 unspecified atom stereocenters. The minimum absolute atomic E-state index is 0.0296. The quantitative estimate of drug-likeness (QED) is 0.763. The molecular formula is C13H16Cl3NO3S. The Morgan fingerprint density at radius 1 is 1.33 bits per heavy atom. The summed E-state index contributed by atoms with van der Waals surface area (Å²) < 4.78 is 32.5. The second-order valence-electron chi connectivity index (χ2n) is 5.42. The summed E-state index contributed by atoms with van der Waals surface area (Å²) in [5.74, 6) is 0.0512. The van der Waals surface area contributed by atoms with Gasteiger partial charge in [-0.15, -0.1) is 11.6 Å². The zero-order valence-electron chi connectivity index (χ0n) is 11.7. The fourth-order valence-electron chi connectivity index (χ4n) is 2.22. The molecule has 0 amide bonds. The second-order valence-corrected chi connectivity index (χ2v) is 8.38. The Morgan fingerprint density at radius 3 is 2.57 bits per heavy atom. The molecule has 21 heavy (non-hydrogen) atoms. The summed E-state index contributed by atoms with van der Waals surface area (Å²) in [6, 6.07) is 2.92. The molecule has 1 aromatic rings. The standard InChI is InChI=1S/C13H16Cl3NO3S/c1-13(2)8-17(5-6-20-13)21(18,19)11-4-3-10(15)9(7-14)12(11)16/h3-4H,5-8H2,1-2H3. The van der Waals surface area contributed by atoms with Crippen molar-refractivity contribution in [3.05, 3.63) is 27.7 Å². The summed E-state index contributed by atoms with van der Waals surface area (Å²) in [6.45, 7) is 4.61. The van der Waals surface area contributed by atoms with Crippen molar-refractivity contribution in [3.63, 3.8) is 0 Å². The van der Waals surface area contributed by atoms with Crippen molar-refractivity contribution in [3.8, 4) is 0 Å². The minimum atomic E-state index is -3.71. The third kappa shape index (κ3) is 3.49. The molecule has 1 saturated heterocycles. The molecule has 0 saturated carbocycles. The van der Waals surface area contributed by atoms with Gasteiger partial charge < -0.3 is 4.74 Å². The van der Waals surface area contributed by atoms with Gasteiger partial charge in [0.1, 0.15) is 4.90 Å². The molecule has 1 aliphatic rings. The van der Waals surface area contributed by atoms with Crippen LogP contribution in [0.15, 0.2) is 17.0 Å². The first-order valence-electron chi connectivity index (χ1n) is 6.36. The number of ether oxygens (including phenoxy) is 1. The monoisotopic (exact) mass is 371 g/mol. The van der Waals surface area contributed by atoms with E-state index in [1.54, 1.807) is 0 Å². The van der Waals surface area contributed by atoms with Gasteiger partial charge in [0.15, 0.2) is 0 Å². The molecular weight excluding hydrogens is 357 g/mol. The average Bonchev–Trinajstić information content (AvgIpc) is 2.37. The SMILES string of the molecule is CC1(C)CN(S(=O)(=O)c2ccc(Cl)c(CCl)c2Cl)CCO1. The minimum Gasteiger partial charge on any atom is -0.373 e. The number of hydrogen-bond acceptors (Lipinski definition) is 3. The maximum absolute atomic E-state index is 12.8. The van der Waals surface area contributed by atoms with Gasteiger partial charge in [-0.05, 0) is 26.0 Å². The predicted molar refractivity (Wildman–Crippen MR) is 84.8 cm³/mol. The van der Waals surface area contributed by atoms with E-state index in [0.717, 1.165) is 0 Å². The first-order chi connectivity index (χ1) is 9.69. The number of alkyl halides is 1. The zero-order valence-corrected chi connectivity index (χ0v) is 14.8. The van der Waals surface area contributed by atoms with Crippen LogP contribution in [-0.4, -0.2) is 38.0 Å². The van der Waals surface area contributed by atoms with Crippen LogP contribution in [0.3, 0.4) is 0 Å². The summed E-state index contributed by atoms with van der Waals surface area (Å²) in [7, 11) is -3.71.